The molecule has 0 aliphatic carbocycles. The van der Waals surface area contributed by atoms with E-state index in [9.17, 15) is 9.18 Å². The third-order valence-corrected chi connectivity index (χ3v) is 4.53. The van der Waals surface area contributed by atoms with Gasteiger partial charge < -0.3 is 4.98 Å². The Morgan fingerprint density at radius 2 is 2.18 bits per heavy atom. The number of rotatable bonds is 4. The van der Waals surface area contributed by atoms with Gasteiger partial charge in [-0.25, -0.2) is 9.37 Å². The van der Waals surface area contributed by atoms with Crippen LogP contribution in [0.5, 0.6) is 0 Å². The van der Waals surface area contributed by atoms with Crippen molar-refractivity contribution in [3.8, 4) is 0 Å². The predicted molar refractivity (Wildman–Crippen MR) is 86.8 cm³/mol. The van der Waals surface area contributed by atoms with Gasteiger partial charge >= 0.3 is 0 Å². The Morgan fingerprint density at radius 3 is 2.95 bits per heavy atom. The second-order valence-electron chi connectivity index (χ2n) is 5.02. The van der Waals surface area contributed by atoms with Gasteiger partial charge in [-0.05, 0) is 30.6 Å². The van der Waals surface area contributed by atoms with Crippen LogP contribution in [0.2, 0.25) is 5.02 Å². The lowest BCUT2D eigenvalue weighted by Crippen LogP contribution is -2.22. The maximum Gasteiger partial charge on any atom is 0.268 e. The maximum atomic E-state index is 13.8. The third-order valence-electron chi connectivity index (χ3n) is 3.27. The van der Waals surface area contributed by atoms with Crippen LogP contribution in [-0.2, 0) is 13.1 Å². The fourth-order valence-electron chi connectivity index (χ4n) is 2.26. The molecule has 0 saturated heterocycles. The lowest BCUT2D eigenvalue weighted by atomic mass is 10.2. The highest BCUT2D eigenvalue weighted by atomic mass is 35.5. The number of halogens is 2. The number of nitrogens with one attached hydrogen (secondary N) is 1. The van der Waals surface area contributed by atoms with Crippen molar-refractivity contribution in [1.29, 1.82) is 0 Å². The SMILES string of the molecule is CN(Cc1nc2ccsc2c(=O)[nH]1)Cc1c(F)cccc1Cl. The second kappa shape index (κ2) is 6.16. The molecule has 0 atom stereocenters. The van der Waals surface area contributed by atoms with Gasteiger partial charge in [0.05, 0.1) is 12.1 Å². The van der Waals surface area contributed by atoms with Crippen molar-refractivity contribution in [3.05, 3.63) is 62.2 Å². The fourth-order valence-corrected chi connectivity index (χ4v) is 3.21. The average molecular weight is 338 g/mol. The van der Waals surface area contributed by atoms with E-state index in [1.165, 1.54) is 17.4 Å². The largest absolute Gasteiger partial charge is 0.308 e. The van der Waals surface area contributed by atoms with Gasteiger partial charge in [0.25, 0.3) is 5.56 Å². The average Bonchev–Trinajstić information content (AvgIpc) is 2.92. The summed E-state index contributed by atoms with van der Waals surface area (Å²) < 4.78 is 14.4. The minimum Gasteiger partial charge on any atom is -0.308 e. The van der Waals surface area contributed by atoms with Crippen LogP contribution < -0.4 is 5.56 Å². The monoisotopic (exact) mass is 337 g/mol. The van der Waals surface area contributed by atoms with E-state index in [0.717, 1.165) is 0 Å². The Balaban J connectivity index is 1.81. The standard InChI is InChI=1S/C15H13ClFN3OS/c1-20(7-9-10(16)3-2-4-11(9)17)8-13-18-12-5-6-22-14(12)15(21)19-13/h2-6H,7-8H2,1H3,(H,18,19,21). The molecule has 0 amide bonds. The van der Waals surface area contributed by atoms with Crippen molar-refractivity contribution in [2.75, 3.05) is 7.05 Å². The number of benzene rings is 1. The van der Waals surface area contributed by atoms with Gasteiger partial charge in [0, 0.05) is 17.1 Å². The number of hydrogen-bond donors (Lipinski definition) is 1. The van der Waals surface area contributed by atoms with E-state index < -0.39 is 0 Å². The van der Waals surface area contributed by atoms with E-state index in [-0.39, 0.29) is 11.4 Å². The van der Waals surface area contributed by atoms with Crippen molar-refractivity contribution < 1.29 is 4.39 Å². The number of nitrogens with zero attached hydrogens (tertiary/aromatic N) is 2. The van der Waals surface area contributed by atoms with Gasteiger partial charge in [0.15, 0.2) is 0 Å². The summed E-state index contributed by atoms with van der Waals surface area (Å²) in [5, 5.41) is 2.22. The van der Waals surface area contributed by atoms with Crippen molar-refractivity contribution in [2.24, 2.45) is 0 Å². The molecule has 0 fully saturated rings. The van der Waals surface area contributed by atoms with Crippen LogP contribution in [0.15, 0.2) is 34.4 Å². The molecule has 3 aromatic rings. The lowest BCUT2D eigenvalue weighted by molar-refractivity contribution is 0.305. The van der Waals surface area contributed by atoms with E-state index >= 15 is 0 Å². The summed E-state index contributed by atoms with van der Waals surface area (Å²) in [4.78, 5) is 20.9. The number of hydrogen-bond acceptors (Lipinski definition) is 4. The zero-order valence-corrected chi connectivity index (χ0v) is 13.3. The van der Waals surface area contributed by atoms with E-state index in [1.54, 1.807) is 12.1 Å². The first-order chi connectivity index (χ1) is 10.5. The van der Waals surface area contributed by atoms with Crippen LogP contribution in [0.4, 0.5) is 4.39 Å². The predicted octanol–water partition coefficient (Wildman–Crippen LogP) is 3.41. The molecule has 2 aromatic heterocycles. The fraction of sp³-hybridized carbons (Fsp3) is 0.200. The summed E-state index contributed by atoms with van der Waals surface area (Å²) in [5.74, 6) is 0.208. The molecule has 7 heteroatoms. The highest BCUT2D eigenvalue weighted by Gasteiger charge is 2.12. The van der Waals surface area contributed by atoms with Gasteiger partial charge in [-0.15, -0.1) is 11.3 Å². The van der Waals surface area contributed by atoms with E-state index in [1.807, 2.05) is 23.4 Å². The Morgan fingerprint density at radius 1 is 1.36 bits per heavy atom. The Kier molecular flexibility index (Phi) is 4.24. The number of aromatic amines is 1. The summed E-state index contributed by atoms with van der Waals surface area (Å²) in [6.45, 7) is 0.725. The summed E-state index contributed by atoms with van der Waals surface area (Å²) in [6.07, 6.45) is 0. The number of fused-ring (bicyclic) bond motifs is 1. The van der Waals surface area contributed by atoms with Gasteiger partial charge in [-0.2, -0.15) is 0 Å². The molecule has 1 N–H and O–H groups in total. The highest BCUT2D eigenvalue weighted by molar-refractivity contribution is 7.17. The first-order valence-corrected chi connectivity index (χ1v) is 7.88. The van der Waals surface area contributed by atoms with Gasteiger partial charge in [0.2, 0.25) is 0 Å². The second-order valence-corrected chi connectivity index (χ2v) is 6.34. The highest BCUT2D eigenvalue weighted by Crippen LogP contribution is 2.21. The normalized spacial score (nSPS) is 11.5. The Bertz CT molecular complexity index is 856. The summed E-state index contributed by atoms with van der Waals surface area (Å²) in [5.41, 5.74) is 0.971. The van der Waals surface area contributed by atoms with Crippen LogP contribution in [0.1, 0.15) is 11.4 Å². The molecule has 0 saturated carbocycles. The molecule has 2 heterocycles. The molecule has 0 spiro atoms. The first-order valence-electron chi connectivity index (χ1n) is 6.62. The van der Waals surface area contributed by atoms with Crippen LogP contribution in [-0.4, -0.2) is 21.9 Å². The lowest BCUT2D eigenvalue weighted by Gasteiger charge is -2.17. The number of thiophene rings is 1. The molecule has 3 rings (SSSR count). The topological polar surface area (TPSA) is 49.0 Å². The molecule has 0 unspecified atom stereocenters. The minimum atomic E-state index is -0.339. The smallest absolute Gasteiger partial charge is 0.268 e. The van der Waals surface area contributed by atoms with Gasteiger partial charge in [-0.1, -0.05) is 17.7 Å². The molecule has 0 bridgehead atoms. The zero-order chi connectivity index (χ0) is 15.7. The number of H-pyrrole nitrogens is 1. The van der Waals surface area contributed by atoms with E-state index in [2.05, 4.69) is 9.97 Å². The molecule has 0 aliphatic rings. The molecule has 0 aliphatic heterocycles. The molecule has 0 radical (unpaired) electrons. The van der Waals surface area contributed by atoms with Crippen LogP contribution in [0.3, 0.4) is 0 Å². The van der Waals surface area contributed by atoms with Crippen LogP contribution in [0, 0.1) is 5.82 Å². The molecular weight excluding hydrogens is 325 g/mol. The third kappa shape index (κ3) is 3.04. The van der Waals surface area contributed by atoms with Crippen LogP contribution in [0.25, 0.3) is 10.2 Å². The molecule has 1 aromatic carbocycles. The number of aromatic nitrogens is 2. The van der Waals surface area contributed by atoms with E-state index in [0.29, 0.717) is 39.7 Å². The van der Waals surface area contributed by atoms with E-state index in [4.69, 9.17) is 11.6 Å². The zero-order valence-electron chi connectivity index (χ0n) is 11.8. The molecular formula is C15H13ClFN3OS. The maximum absolute atomic E-state index is 13.8. The summed E-state index contributed by atoms with van der Waals surface area (Å²) >= 11 is 7.39. The molecule has 114 valence electrons. The van der Waals surface area contributed by atoms with Crippen molar-refractivity contribution in [2.45, 2.75) is 13.1 Å². The Labute approximate surface area is 135 Å². The van der Waals surface area contributed by atoms with Crippen molar-refractivity contribution >= 4 is 33.2 Å². The molecule has 22 heavy (non-hydrogen) atoms. The minimum absolute atomic E-state index is 0.146. The summed E-state index contributed by atoms with van der Waals surface area (Å²) in [6, 6.07) is 6.43. The molecule has 4 nitrogen and oxygen atoms in total. The van der Waals surface area contributed by atoms with Crippen LogP contribution >= 0.6 is 22.9 Å². The Hall–Kier alpha value is -1.76. The van der Waals surface area contributed by atoms with Gasteiger partial charge in [-0.3, -0.25) is 9.69 Å². The summed E-state index contributed by atoms with van der Waals surface area (Å²) in [7, 11) is 1.82. The first kappa shape index (κ1) is 15.1. The van der Waals surface area contributed by atoms with Crippen molar-refractivity contribution in [1.82, 2.24) is 14.9 Å². The van der Waals surface area contributed by atoms with Gasteiger partial charge in [0.1, 0.15) is 16.3 Å². The quantitative estimate of drug-likeness (QED) is 0.793. The van der Waals surface area contributed by atoms with Crippen molar-refractivity contribution in [3.63, 3.8) is 0 Å².